The Morgan fingerprint density at radius 3 is 2.03 bits per heavy atom. The Morgan fingerprint density at radius 1 is 0.919 bits per heavy atom. The van der Waals surface area contributed by atoms with Crippen LogP contribution < -0.4 is 33.2 Å². The lowest BCUT2D eigenvalue weighted by atomic mass is 10.0. The normalized spacial score (nSPS) is 14.1. The first-order valence-electron chi connectivity index (χ1n) is 12.0. The van der Waals surface area contributed by atoms with Crippen molar-refractivity contribution in [2.45, 2.75) is 63.7 Å². The zero-order chi connectivity index (χ0) is 28.0. The average Bonchev–Trinajstić information content (AvgIpc) is 2.84. The highest BCUT2D eigenvalue weighted by Crippen LogP contribution is 2.09. The van der Waals surface area contributed by atoms with Gasteiger partial charge >= 0.3 is 5.97 Å². The number of hydrogen-bond donors (Lipinski definition) is 8. The van der Waals surface area contributed by atoms with Crippen LogP contribution in [0.3, 0.4) is 0 Å². The molecule has 0 aliphatic carbocycles. The molecule has 0 heterocycles. The molecule has 1 rings (SSSR count). The number of carbonyl (C=O) groups excluding carboxylic acids is 3. The van der Waals surface area contributed by atoms with Crippen LogP contribution in [0.25, 0.3) is 0 Å². The van der Waals surface area contributed by atoms with Crippen LogP contribution in [-0.2, 0) is 25.6 Å². The smallest absolute Gasteiger partial charge is 0.326 e. The number of aliphatic hydroxyl groups is 1. The zero-order valence-corrected chi connectivity index (χ0v) is 21.2. The number of nitrogens with one attached hydrogen (secondary N) is 3. The minimum Gasteiger partial charge on any atom is -0.480 e. The molecule has 4 unspecified atom stereocenters. The number of nitrogens with two attached hydrogens (primary N) is 3. The largest absolute Gasteiger partial charge is 0.480 e. The van der Waals surface area contributed by atoms with Crippen molar-refractivity contribution in [2.24, 2.45) is 28.1 Å². The van der Waals surface area contributed by atoms with E-state index < -0.39 is 54.5 Å². The van der Waals surface area contributed by atoms with Crippen molar-refractivity contribution in [2.75, 3.05) is 13.2 Å². The van der Waals surface area contributed by atoms with Gasteiger partial charge in [-0.05, 0) is 30.7 Å². The highest BCUT2D eigenvalue weighted by Gasteiger charge is 2.30. The van der Waals surface area contributed by atoms with Crippen molar-refractivity contribution in [3.05, 3.63) is 35.9 Å². The Bertz CT molecular complexity index is 921. The van der Waals surface area contributed by atoms with Gasteiger partial charge in [0.05, 0.1) is 6.61 Å². The van der Waals surface area contributed by atoms with E-state index in [9.17, 15) is 29.4 Å². The van der Waals surface area contributed by atoms with E-state index in [0.717, 1.165) is 5.56 Å². The molecule has 0 saturated carbocycles. The highest BCUT2D eigenvalue weighted by atomic mass is 16.4. The van der Waals surface area contributed by atoms with Crippen LogP contribution in [0.15, 0.2) is 35.3 Å². The summed E-state index contributed by atoms with van der Waals surface area (Å²) < 4.78 is 0. The van der Waals surface area contributed by atoms with E-state index in [1.807, 2.05) is 13.8 Å². The number of hydrogen-bond acceptors (Lipinski definition) is 7. The predicted molar refractivity (Wildman–Crippen MR) is 138 cm³/mol. The van der Waals surface area contributed by atoms with Crippen LogP contribution >= 0.6 is 0 Å². The minimum absolute atomic E-state index is 0.00380. The lowest BCUT2D eigenvalue weighted by molar-refractivity contribution is -0.142. The lowest BCUT2D eigenvalue weighted by Gasteiger charge is -2.25. The number of nitrogens with zero attached hydrogens (tertiary/aromatic N) is 1. The van der Waals surface area contributed by atoms with E-state index in [-0.39, 0.29) is 37.7 Å². The monoisotopic (exact) mass is 521 g/mol. The summed E-state index contributed by atoms with van der Waals surface area (Å²) in [5.41, 5.74) is 16.9. The Kier molecular flexibility index (Phi) is 13.6. The van der Waals surface area contributed by atoms with Gasteiger partial charge in [-0.1, -0.05) is 44.2 Å². The molecule has 13 heteroatoms. The Balaban J connectivity index is 3.13. The van der Waals surface area contributed by atoms with Gasteiger partial charge in [-0.15, -0.1) is 0 Å². The van der Waals surface area contributed by atoms with Crippen molar-refractivity contribution < 1.29 is 29.4 Å². The highest BCUT2D eigenvalue weighted by molar-refractivity contribution is 5.94. The fourth-order valence-electron chi connectivity index (χ4n) is 3.43. The quantitative estimate of drug-likeness (QED) is 0.0694. The molecule has 1 aromatic rings. The molecule has 0 spiro atoms. The van der Waals surface area contributed by atoms with Gasteiger partial charge in [0, 0.05) is 13.0 Å². The van der Waals surface area contributed by atoms with Gasteiger partial charge in [-0.2, -0.15) is 0 Å². The number of carbonyl (C=O) groups is 4. The molecule has 4 atom stereocenters. The summed E-state index contributed by atoms with van der Waals surface area (Å²) >= 11 is 0. The molecule has 206 valence electrons. The molecule has 0 fully saturated rings. The van der Waals surface area contributed by atoms with Crippen LogP contribution in [0, 0.1) is 5.92 Å². The zero-order valence-electron chi connectivity index (χ0n) is 21.2. The van der Waals surface area contributed by atoms with E-state index in [2.05, 4.69) is 20.9 Å². The molecule has 0 aliphatic rings. The number of aliphatic carboxylic acids is 1. The Labute approximate surface area is 216 Å². The first-order chi connectivity index (χ1) is 17.4. The van der Waals surface area contributed by atoms with Gasteiger partial charge in [0.1, 0.15) is 24.2 Å². The third kappa shape index (κ3) is 12.2. The number of rotatable bonds is 16. The summed E-state index contributed by atoms with van der Waals surface area (Å²) in [4.78, 5) is 54.2. The van der Waals surface area contributed by atoms with Gasteiger partial charge in [-0.25, -0.2) is 4.79 Å². The maximum Gasteiger partial charge on any atom is 0.326 e. The Hall–Kier alpha value is -3.71. The average molecular weight is 522 g/mol. The number of carboxylic acid groups (broad SMARTS) is 1. The van der Waals surface area contributed by atoms with Crippen molar-refractivity contribution in [3.8, 4) is 0 Å². The molecule has 0 aromatic heterocycles. The van der Waals surface area contributed by atoms with Crippen molar-refractivity contribution in [1.82, 2.24) is 16.0 Å². The van der Waals surface area contributed by atoms with E-state index >= 15 is 0 Å². The van der Waals surface area contributed by atoms with Gasteiger partial charge < -0.3 is 43.4 Å². The third-order valence-electron chi connectivity index (χ3n) is 5.35. The molecule has 0 saturated heterocycles. The van der Waals surface area contributed by atoms with Crippen molar-refractivity contribution in [3.63, 3.8) is 0 Å². The van der Waals surface area contributed by atoms with Crippen LogP contribution in [0.5, 0.6) is 0 Å². The number of carboxylic acids is 1. The number of aliphatic imine (C=N–C) groups is 1. The number of guanidine groups is 1. The number of benzene rings is 1. The van der Waals surface area contributed by atoms with Crippen LogP contribution in [0.2, 0.25) is 0 Å². The molecule has 37 heavy (non-hydrogen) atoms. The van der Waals surface area contributed by atoms with E-state index in [4.69, 9.17) is 17.2 Å². The summed E-state index contributed by atoms with van der Waals surface area (Å²) in [6, 6.07) is 4.25. The second-order valence-electron chi connectivity index (χ2n) is 9.08. The van der Waals surface area contributed by atoms with Gasteiger partial charge in [0.25, 0.3) is 0 Å². The van der Waals surface area contributed by atoms with Crippen LogP contribution in [-0.4, -0.2) is 77.2 Å². The number of aliphatic hydroxyl groups excluding tert-OH is 1. The fourth-order valence-corrected chi connectivity index (χ4v) is 3.43. The van der Waals surface area contributed by atoms with Crippen LogP contribution in [0.4, 0.5) is 0 Å². The molecule has 0 bridgehead atoms. The van der Waals surface area contributed by atoms with Crippen molar-refractivity contribution >= 4 is 29.7 Å². The summed E-state index contributed by atoms with van der Waals surface area (Å²) in [5, 5.41) is 26.3. The maximum absolute atomic E-state index is 13.2. The molecule has 1 aromatic carbocycles. The molecular formula is C24H39N7O6. The number of amides is 3. The minimum atomic E-state index is -1.25. The van der Waals surface area contributed by atoms with Gasteiger partial charge in [0.15, 0.2) is 5.96 Å². The standard InChI is InChI=1S/C24H39N7O6/c1-14(2)11-19(23(36)37)31-22(35)18(12-15-7-4-3-5-8-15)30-21(34)17(9-6-10-28-24(26)27)29-20(33)16(25)13-32/h3-5,7-8,14,16-19,32H,6,9-13,25H2,1-2H3,(H,29,33)(H,30,34)(H,31,35)(H,36,37)(H4,26,27,28). The molecule has 0 radical (unpaired) electrons. The van der Waals surface area contributed by atoms with Gasteiger partial charge in [0.2, 0.25) is 17.7 Å². The summed E-state index contributed by atoms with van der Waals surface area (Å²) in [6.07, 6.45) is 0.708. The molecule has 13 nitrogen and oxygen atoms in total. The molecule has 11 N–H and O–H groups in total. The second kappa shape index (κ2) is 16.1. The van der Waals surface area contributed by atoms with Gasteiger partial charge in [-0.3, -0.25) is 19.4 Å². The predicted octanol–water partition coefficient (Wildman–Crippen LogP) is -1.81. The van der Waals surface area contributed by atoms with E-state index in [1.54, 1.807) is 30.3 Å². The maximum atomic E-state index is 13.2. The molecular weight excluding hydrogens is 482 g/mol. The molecule has 0 aliphatic heterocycles. The van der Waals surface area contributed by atoms with Crippen molar-refractivity contribution in [1.29, 1.82) is 0 Å². The SMILES string of the molecule is CC(C)CC(NC(=O)C(Cc1ccccc1)NC(=O)C(CCCN=C(N)N)NC(=O)C(N)CO)C(=O)O. The summed E-state index contributed by atoms with van der Waals surface area (Å²) in [6.45, 7) is 3.23. The van der Waals surface area contributed by atoms with E-state index in [0.29, 0.717) is 6.42 Å². The first-order valence-corrected chi connectivity index (χ1v) is 12.0. The second-order valence-corrected chi connectivity index (χ2v) is 9.08. The first kappa shape index (κ1) is 31.3. The fraction of sp³-hybridized carbons (Fsp3) is 0.542. The third-order valence-corrected chi connectivity index (χ3v) is 5.35. The summed E-state index contributed by atoms with van der Waals surface area (Å²) in [5.74, 6) is -3.42. The lowest BCUT2D eigenvalue weighted by Crippen LogP contribution is -2.58. The van der Waals surface area contributed by atoms with Crippen LogP contribution in [0.1, 0.15) is 38.7 Å². The Morgan fingerprint density at radius 2 is 1.49 bits per heavy atom. The summed E-state index contributed by atoms with van der Waals surface area (Å²) in [7, 11) is 0. The van der Waals surface area contributed by atoms with E-state index in [1.165, 1.54) is 0 Å². The topological polar surface area (TPSA) is 235 Å². The molecule has 3 amide bonds.